The van der Waals surface area contributed by atoms with Gasteiger partial charge in [-0.2, -0.15) is 0 Å². The summed E-state index contributed by atoms with van der Waals surface area (Å²) in [5.74, 6) is 1.23. The molecule has 19 heavy (non-hydrogen) atoms. The van der Waals surface area contributed by atoms with Gasteiger partial charge < -0.3 is 5.32 Å². The van der Waals surface area contributed by atoms with Crippen molar-refractivity contribution in [2.45, 2.75) is 45.1 Å². The van der Waals surface area contributed by atoms with E-state index in [1.807, 2.05) is 6.92 Å². The van der Waals surface area contributed by atoms with E-state index in [0.29, 0.717) is 18.3 Å². The monoisotopic (exact) mass is 276 g/mol. The first-order valence-corrected chi connectivity index (χ1v) is 7.98. The van der Waals surface area contributed by atoms with Gasteiger partial charge >= 0.3 is 0 Å². The fourth-order valence-corrected chi connectivity index (χ4v) is 3.60. The molecular weight excluding hydrogens is 256 g/mol. The standard InChI is InChI=1S/C15H20N2OS/c1-10-9-19-15(16-10)14(12-6-7-12)17-13(18)8-11-4-2-3-5-11/h2,4,9,11-12,14H,3,5-8H2,1H3,(H,17,18)/t11-,14-/m1/s1. The van der Waals surface area contributed by atoms with Crippen molar-refractivity contribution >= 4 is 17.2 Å². The summed E-state index contributed by atoms with van der Waals surface area (Å²) in [5, 5.41) is 6.36. The number of aryl methyl sites for hydroxylation is 1. The van der Waals surface area contributed by atoms with Gasteiger partial charge in [0, 0.05) is 17.5 Å². The Labute approximate surface area is 118 Å². The molecule has 1 fully saturated rings. The number of carbonyl (C=O) groups is 1. The second kappa shape index (κ2) is 5.45. The first-order chi connectivity index (χ1) is 9.22. The molecule has 1 N–H and O–H groups in total. The molecule has 1 saturated carbocycles. The predicted molar refractivity (Wildman–Crippen MR) is 76.9 cm³/mol. The molecule has 1 aromatic rings. The van der Waals surface area contributed by atoms with Gasteiger partial charge in [-0.25, -0.2) is 4.98 Å². The lowest BCUT2D eigenvalue weighted by molar-refractivity contribution is -0.122. The van der Waals surface area contributed by atoms with E-state index in [4.69, 9.17) is 0 Å². The Balaban J connectivity index is 1.61. The first kappa shape index (κ1) is 12.9. The third-order valence-electron chi connectivity index (χ3n) is 3.87. The Bertz CT molecular complexity index is 490. The van der Waals surface area contributed by atoms with Crippen LogP contribution in [-0.2, 0) is 4.79 Å². The van der Waals surface area contributed by atoms with Crippen molar-refractivity contribution in [1.82, 2.24) is 10.3 Å². The SMILES string of the molecule is Cc1csc([C@H](NC(=O)C[C@@H]2C=CCC2)C2CC2)n1. The van der Waals surface area contributed by atoms with Crippen molar-refractivity contribution in [3.63, 3.8) is 0 Å². The molecule has 0 unspecified atom stereocenters. The maximum Gasteiger partial charge on any atom is 0.221 e. The summed E-state index contributed by atoms with van der Waals surface area (Å²) in [5.41, 5.74) is 1.05. The average molecular weight is 276 g/mol. The number of allylic oxidation sites excluding steroid dienone is 2. The van der Waals surface area contributed by atoms with Gasteiger partial charge in [-0.15, -0.1) is 11.3 Å². The topological polar surface area (TPSA) is 42.0 Å². The highest BCUT2D eigenvalue weighted by molar-refractivity contribution is 7.09. The third kappa shape index (κ3) is 3.24. The van der Waals surface area contributed by atoms with E-state index in [9.17, 15) is 4.79 Å². The van der Waals surface area contributed by atoms with Crippen LogP contribution in [0.3, 0.4) is 0 Å². The molecule has 102 valence electrons. The molecule has 0 spiro atoms. The molecule has 3 nitrogen and oxygen atoms in total. The number of nitrogens with zero attached hydrogens (tertiary/aromatic N) is 1. The number of thiazole rings is 1. The predicted octanol–water partition coefficient (Wildman–Crippen LogP) is 3.38. The van der Waals surface area contributed by atoms with Crippen LogP contribution < -0.4 is 5.32 Å². The smallest absolute Gasteiger partial charge is 0.221 e. The Morgan fingerprint density at radius 1 is 1.53 bits per heavy atom. The normalized spacial score (nSPS) is 23.5. The van der Waals surface area contributed by atoms with Crippen molar-refractivity contribution in [3.8, 4) is 0 Å². The van der Waals surface area contributed by atoms with Crippen LogP contribution in [0.5, 0.6) is 0 Å². The molecule has 0 radical (unpaired) electrons. The third-order valence-corrected chi connectivity index (χ3v) is 4.92. The molecule has 3 rings (SSSR count). The minimum Gasteiger partial charge on any atom is -0.347 e. The van der Waals surface area contributed by atoms with E-state index in [1.54, 1.807) is 11.3 Å². The second-order valence-electron chi connectivity index (χ2n) is 5.68. The zero-order valence-corrected chi connectivity index (χ0v) is 12.1. The van der Waals surface area contributed by atoms with Crippen LogP contribution in [0.2, 0.25) is 0 Å². The van der Waals surface area contributed by atoms with E-state index in [1.165, 1.54) is 12.8 Å². The zero-order valence-electron chi connectivity index (χ0n) is 11.3. The average Bonchev–Trinajstić information content (AvgIpc) is 2.93. The highest BCUT2D eigenvalue weighted by Crippen LogP contribution is 2.42. The van der Waals surface area contributed by atoms with Crippen LogP contribution in [0.15, 0.2) is 17.5 Å². The van der Waals surface area contributed by atoms with Gasteiger partial charge in [0.2, 0.25) is 5.91 Å². The quantitative estimate of drug-likeness (QED) is 0.838. The van der Waals surface area contributed by atoms with E-state index >= 15 is 0 Å². The minimum absolute atomic E-state index is 0.150. The van der Waals surface area contributed by atoms with E-state index in [2.05, 4.69) is 27.8 Å². The summed E-state index contributed by atoms with van der Waals surface area (Å²) in [4.78, 5) is 16.7. The van der Waals surface area contributed by atoms with Gasteiger partial charge in [0.25, 0.3) is 0 Å². The van der Waals surface area contributed by atoms with Crippen LogP contribution >= 0.6 is 11.3 Å². The first-order valence-electron chi connectivity index (χ1n) is 7.10. The highest BCUT2D eigenvalue weighted by atomic mass is 32.1. The van der Waals surface area contributed by atoms with Crippen LogP contribution in [0.1, 0.15) is 48.8 Å². The molecule has 0 aromatic carbocycles. The van der Waals surface area contributed by atoms with E-state index in [-0.39, 0.29) is 11.9 Å². The molecule has 0 aliphatic heterocycles. The van der Waals surface area contributed by atoms with E-state index < -0.39 is 0 Å². The van der Waals surface area contributed by atoms with Gasteiger partial charge in [0.1, 0.15) is 5.01 Å². The van der Waals surface area contributed by atoms with Crippen LogP contribution in [0.25, 0.3) is 0 Å². The molecule has 1 aromatic heterocycles. The molecule has 4 heteroatoms. The lowest BCUT2D eigenvalue weighted by atomic mass is 10.0. The number of amides is 1. The van der Waals surface area contributed by atoms with Crippen molar-refractivity contribution < 1.29 is 4.79 Å². The van der Waals surface area contributed by atoms with Crippen molar-refractivity contribution in [2.75, 3.05) is 0 Å². The number of hydrogen-bond acceptors (Lipinski definition) is 3. The fourth-order valence-electron chi connectivity index (χ4n) is 2.66. The largest absolute Gasteiger partial charge is 0.347 e. The molecule has 1 heterocycles. The number of rotatable bonds is 5. The maximum absolute atomic E-state index is 12.2. The van der Waals surface area contributed by atoms with Crippen molar-refractivity contribution in [2.24, 2.45) is 11.8 Å². The number of nitrogens with one attached hydrogen (secondary N) is 1. The number of hydrogen-bond donors (Lipinski definition) is 1. The molecule has 2 aliphatic carbocycles. The van der Waals surface area contributed by atoms with Gasteiger partial charge in [0.15, 0.2) is 0 Å². The summed E-state index contributed by atoms with van der Waals surface area (Å²) in [6, 6.07) is 0.150. The molecule has 1 amide bonds. The Morgan fingerprint density at radius 3 is 2.95 bits per heavy atom. The maximum atomic E-state index is 12.2. The summed E-state index contributed by atoms with van der Waals surface area (Å²) in [7, 11) is 0. The van der Waals surface area contributed by atoms with Crippen LogP contribution in [0, 0.1) is 18.8 Å². The molecule has 0 saturated heterocycles. The fraction of sp³-hybridized carbons (Fsp3) is 0.600. The van der Waals surface area contributed by atoms with Gasteiger partial charge in [-0.1, -0.05) is 12.2 Å². The summed E-state index contributed by atoms with van der Waals surface area (Å²) in [6.45, 7) is 2.01. The van der Waals surface area contributed by atoms with Crippen molar-refractivity contribution in [3.05, 3.63) is 28.2 Å². The van der Waals surface area contributed by atoms with Crippen molar-refractivity contribution in [1.29, 1.82) is 0 Å². The summed E-state index contributed by atoms with van der Waals surface area (Å²) in [6.07, 6.45) is 9.66. The zero-order chi connectivity index (χ0) is 13.2. The minimum atomic E-state index is 0.150. The number of carbonyl (C=O) groups excluding carboxylic acids is 1. The molecule has 0 bridgehead atoms. The second-order valence-corrected chi connectivity index (χ2v) is 6.57. The Kier molecular flexibility index (Phi) is 3.69. The summed E-state index contributed by atoms with van der Waals surface area (Å²) < 4.78 is 0. The van der Waals surface area contributed by atoms with E-state index in [0.717, 1.165) is 23.5 Å². The van der Waals surface area contributed by atoms with Gasteiger partial charge in [-0.3, -0.25) is 4.79 Å². The highest BCUT2D eigenvalue weighted by Gasteiger charge is 2.35. The molecule has 2 atom stereocenters. The Hall–Kier alpha value is -1.16. The molecular formula is C15H20N2OS. The lowest BCUT2D eigenvalue weighted by Gasteiger charge is -2.17. The summed E-state index contributed by atoms with van der Waals surface area (Å²) >= 11 is 1.67. The van der Waals surface area contributed by atoms with Crippen LogP contribution in [0.4, 0.5) is 0 Å². The Morgan fingerprint density at radius 2 is 2.37 bits per heavy atom. The molecule has 2 aliphatic rings. The van der Waals surface area contributed by atoms with Gasteiger partial charge in [0.05, 0.1) is 6.04 Å². The number of aromatic nitrogens is 1. The van der Waals surface area contributed by atoms with Gasteiger partial charge in [-0.05, 0) is 44.4 Å². The lowest BCUT2D eigenvalue weighted by Crippen LogP contribution is -2.30. The van der Waals surface area contributed by atoms with Crippen LogP contribution in [-0.4, -0.2) is 10.9 Å².